The van der Waals surface area contributed by atoms with E-state index in [0.29, 0.717) is 0 Å². The summed E-state index contributed by atoms with van der Waals surface area (Å²) < 4.78 is 5.48. The monoisotopic (exact) mass is 263 g/mol. The summed E-state index contributed by atoms with van der Waals surface area (Å²) >= 11 is 0. The third kappa shape index (κ3) is 3.07. The molecular formula is C15H21NO3. The summed E-state index contributed by atoms with van der Waals surface area (Å²) in [6, 6.07) is 5.57. The fourth-order valence-electron chi connectivity index (χ4n) is 2.39. The van der Waals surface area contributed by atoms with E-state index in [0.717, 1.165) is 24.3 Å². The smallest absolute Gasteiger partial charge is 0.320 e. The topological polar surface area (TPSA) is 58.6 Å². The van der Waals surface area contributed by atoms with Crippen molar-refractivity contribution in [2.24, 2.45) is 5.92 Å². The molecule has 4 heteroatoms. The largest absolute Gasteiger partial charge is 0.493 e. The van der Waals surface area contributed by atoms with E-state index in [4.69, 9.17) is 4.74 Å². The molecule has 4 nitrogen and oxygen atoms in total. The van der Waals surface area contributed by atoms with Crippen LogP contribution in [0.2, 0.25) is 0 Å². The van der Waals surface area contributed by atoms with Gasteiger partial charge < -0.3 is 9.84 Å². The lowest BCUT2D eigenvalue weighted by molar-refractivity contribution is -0.140. The normalized spacial score (nSPS) is 16.8. The van der Waals surface area contributed by atoms with E-state index in [9.17, 15) is 9.90 Å². The van der Waals surface area contributed by atoms with Gasteiger partial charge in [0.15, 0.2) is 0 Å². The number of aliphatic carboxylic acids is 1. The van der Waals surface area contributed by atoms with Crippen molar-refractivity contribution in [1.29, 1.82) is 0 Å². The second-order valence-corrected chi connectivity index (χ2v) is 5.41. The molecule has 1 aliphatic rings. The minimum Gasteiger partial charge on any atom is -0.493 e. The predicted molar refractivity (Wildman–Crippen MR) is 73.5 cm³/mol. The number of benzene rings is 1. The molecule has 2 N–H and O–H groups in total. The number of rotatable bonds is 5. The summed E-state index contributed by atoms with van der Waals surface area (Å²) in [4.78, 5) is 11.2. The molecule has 0 bridgehead atoms. The van der Waals surface area contributed by atoms with Crippen molar-refractivity contribution >= 4 is 5.97 Å². The number of carboxylic acids is 1. The molecular weight excluding hydrogens is 242 g/mol. The maximum Gasteiger partial charge on any atom is 0.320 e. The van der Waals surface area contributed by atoms with E-state index >= 15 is 0 Å². The van der Waals surface area contributed by atoms with Gasteiger partial charge in [-0.15, -0.1) is 0 Å². The Bertz CT molecular complexity index is 470. The van der Waals surface area contributed by atoms with Gasteiger partial charge in [-0.05, 0) is 30.0 Å². The Kier molecular flexibility index (Phi) is 4.10. The molecule has 1 aromatic carbocycles. The molecule has 2 rings (SSSR count). The van der Waals surface area contributed by atoms with E-state index in [1.807, 2.05) is 32.9 Å². The van der Waals surface area contributed by atoms with E-state index < -0.39 is 12.0 Å². The third-order valence-corrected chi connectivity index (χ3v) is 3.58. The Hall–Kier alpha value is -1.55. The minimum absolute atomic E-state index is 0.00870. The average Bonchev–Trinajstić information content (AvgIpc) is 2.81. The fraction of sp³-hybridized carbons (Fsp3) is 0.533. The van der Waals surface area contributed by atoms with E-state index in [-0.39, 0.29) is 12.0 Å². The van der Waals surface area contributed by atoms with Crippen LogP contribution in [0, 0.1) is 5.92 Å². The Morgan fingerprint density at radius 3 is 2.74 bits per heavy atom. The lowest BCUT2D eigenvalue weighted by atomic mass is 9.99. The molecule has 0 spiro atoms. The van der Waals surface area contributed by atoms with Gasteiger partial charge in [-0.3, -0.25) is 10.1 Å². The zero-order chi connectivity index (χ0) is 14.0. The highest BCUT2D eigenvalue weighted by molar-refractivity contribution is 5.73. The highest BCUT2D eigenvalue weighted by Gasteiger charge is 2.24. The van der Waals surface area contributed by atoms with Crippen molar-refractivity contribution in [2.45, 2.75) is 39.3 Å². The van der Waals surface area contributed by atoms with Crippen molar-refractivity contribution in [2.75, 3.05) is 6.61 Å². The molecule has 19 heavy (non-hydrogen) atoms. The summed E-state index contributed by atoms with van der Waals surface area (Å²) in [7, 11) is 0. The van der Waals surface area contributed by atoms with Crippen LogP contribution in [0.4, 0.5) is 0 Å². The van der Waals surface area contributed by atoms with Gasteiger partial charge >= 0.3 is 5.97 Å². The number of carbonyl (C=O) groups is 1. The minimum atomic E-state index is -0.800. The summed E-state index contributed by atoms with van der Waals surface area (Å²) in [6.07, 6.45) is 0.933. The Labute approximate surface area is 113 Å². The first kappa shape index (κ1) is 13.9. The van der Waals surface area contributed by atoms with Crippen molar-refractivity contribution in [3.05, 3.63) is 29.3 Å². The van der Waals surface area contributed by atoms with Crippen LogP contribution in [0.25, 0.3) is 0 Å². The van der Waals surface area contributed by atoms with Crippen molar-refractivity contribution in [1.82, 2.24) is 5.32 Å². The summed E-state index contributed by atoms with van der Waals surface area (Å²) in [5.41, 5.74) is 2.32. The van der Waals surface area contributed by atoms with Gasteiger partial charge in [0.2, 0.25) is 0 Å². The van der Waals surface area contributed by atoms with Crippen LogP contribution in [-0.2, 0) is 11.2 Å². The van der Waals surface area contributed by atoms with Crippen LogP contribution >= 0.6 is 0 Å². The number of ether oxygens (including phenoxy) is 1. The summed E-state index contributed by atoms with van der Waals surface area (Å²) in [5, 5.41) is 12.4. The molecule has 104 valence electrons. The maximum atomic E-state index is 11.2. The predicted octanol–water partition coefficient (Wildman–Crippen LogP) is 2.38. The first-order chi connectivity index (χ1) is 8.99. The molecule has 0 radical (unpaired) electrons. The van der Waals surface area contributed by atoms with Gasteiger partial charge in [0, 0.05) is 12.5 Å². The molecule has 1 heterocycles. The molecule has 2 atom stereocenters. The number of fused-ring (bicyclic) bond motifs is 1. The third-order valence-electron chi connectivity index (χ3n) is 3.58. The van der Waals surface area contributed by atoms with Crippen LogP contribution in [0.1, 0.15) is 37.9 Å². The average molecular weight is 263 g/mol. The van der Waals surface area contributed by atoms with E-state index in [2.05, 4.69) is 11.4 Å². The first-order valence-electron chi connectivity index (χ1n) is 6.73. The van der Waals surface area contributed by atoms with Gasteiger partial charge in [0.1, 0.15) is 11.8 Å². The zero-order valence-corrected chi connectivity index (χ0v) is 11.6. The van der Waals surface area contributed by atoms with Gasteiger partial charge in [0.05, 0.1) is 6.61 Å². The maximum absolute atomic E-state index is 11.2. The van der Waals surface area contributed by atoms with Crippen molar-refractivity contribution in [3.8, 4) is 5.75 Å². The summed E-state index contributed by atoms with van der Waals surface area (Å²) in [6.45, 7) is 6.56. The number of hydrogen-bond acceptors (Lipinski definition) is 3. The van der Waals surface area contributed by atoms with Gasteiger partial charge in [0.25, 0.3) is 0 Å². The highest BCUT2D eigenvalue weighted by atomic mass is 16.5. The molecule has 0 fully saturated rings. The molecule has 0 saturated carbocycles. The van der Waals surface area contributed by atoms with Crippen LogP contribution in [0.15, 0.2) is 18.2 Å². The number of hydrogen-bond donors (Lipinski definition) is 2. The summed E-state index contributed by atoms with van der Waals surface area (Å²) in [5.74, 6) is 0.207. The quantitative estimate of drug-likeness (QED) is 0.856. The van der Waals surface area contributed by atoms with E-state index in [1.165, 1.54) is 5.56 Å². The lowest BCUT2D eigenvalue weighted by Gasteiger charge is -2.23. The Morgan fingerprint density at radius 1 is 1.37 bits per heavy atom. The molecule has 0 amide bonds. The van der Waals surface area contributed by atoms with Crippen LogP contribution in [-0.4, -0.2) is 23.7 Å². The van der Waals surface area contributed by atoms with Crippen LogP contribution < -0.4 is 10.1 Å². The second kappa shape index (κ2) is 5.61. The van der Waals surface area contributed by atoms with Crippen LogP contribution in [0.3, 0.4) is 0 Å². The Morgan fingerprint density at radius 2 is 2.11 bits per heavy atom. The molecule has 0 aliphatic carbocycles. The molecule has 0 saturated heterocycles. The molecule has 2 unspecified atom stereocenters. The van der Waals surface area contributed by atoms with Gasteiger partial charge in [-0.25, -0.2) is 0 Å². The number of carboxylic acid groups (broad SMARTS) is 1. The highest BCUT2D eigenvalue weighted by Crippen LogP contribution is 2.28. The first-order valence-corrected chi connectivity index (χ1v) is 6.73. The molecule has 0 aromatic heterocycles. The molecule has 1 aliphatic heterocycles. The van der Waals surface area contributed by atoms with Crippen molar-refractivity contribution < 1.29 is 14.6 Å². The lowest BCUT2D eigenvalue weighted by Crippen LogP contribution is -2.42. The van der Waals surface area contributed by atoms with Crippen molar-refractivity contribution in [3.63, 3.8) is 0 Å². The fourth-order valence-corrected chi connectivity index (χ4v) is 2.39. The van der Waals surface area contributed by atoms with Gasteiger partial charge in [-0.1, -0.05) is 26.0 Å². The SMILES string of the molecule is CC(NC(C(=O)O)C(C)C)c1ccc2c(c1)CCO2. The molecule has 1 aromatic rings. The van der Waals surface area contributed by atoms with Gasteiger partial charge in [-0.2, -0.15) is 0 Å². The standard InChI is InChI=1S/C15H21NO3/c1-9(2)14(15(17)18)16-10(3)11-4-5-13-12(8-11)6-7-19-13/h4-5,8-10,14,16H,6-7H2,1-3H3,(H,17,18). The van der Waals surface area contributed by atoms with Crippen LogP contribution in [0.5, 0.6) is 5.75 Å². The second-order valence-electron chi connectivity index (χ2n) is 5.41. The Balaban J connectivity index is 2.11. The zero-order valence-electron chi connectivity index (χ0n) is 11.6. The van der Waals surface area contributed by atoms with E-state index in [1.54, 1.807) is 0 Å². The number of nitrogens with one attached hydrogen (secondary N) is 1.